The van der Waals surface area contributed by atoms with Crippen molar-refractivity contribution in [1.82, 2.24) is 0 Å². The molecule has 0 heterocycles. The number of phenols is 3. The normalized spacial score (nSPS) is 11.1. The van der Waals surface area contributed by atoms with Crippen LogP contribution in [0.4, 0.5) is 0 Å². The van der Waals surface area contributed by atoms with E-state index >= 15 is 0 Å². The second kappa shape index (κ2) is 6.85. The third kappa shape index (κ3) is 2.81. The first-order chi connectivity index (χ1) is 13.5. The van der Waals surface area contributed by atoms with Crippen LogP contribution in [-0.4, -0.2) is 29.5 Å². The van der Waals surface area contributed by atoms with E-state index in [4.69, 9.17) is 9.47 Å². The van der Waals surface area contributed by atoms with Crippen LogP contribution in [0.1, 0.15) is 11.1 Å². The fraction of sp³-hybridized carbons (Fsp3) is 0.130. The molecule has 0 aliphatic carbocycles. The average molecular weight is 376 g/mol. The van der Waals surface area contributed by atoms with E-state index in [2.05, 4.69) is 0 Å². The monoisotopic (exact) mass is 376 g/mol. The number of ether oxygens (including phenoxy) is 2. The first kappa shape index (κ1) is 17.8. The Bertz CT molecular complexity index is 1180. The topological polar surface area (TPSA) is 79.2 Å². The highest BCUT2D eigenvalue weighted by Gasteiger charge is 2.18. The Hall–Kier alpha value is -3.60. The van der Waals surface area contributed by atoms with Gasteiger partial charge in [-0.3, -0.25) is 0 Å². The highest BCUT2D eigenvalue weighted by molar-refractivity contribution is 6.14. The van der Waals surface area contributed by atoms with Crippen LogP contribution in [0, 0.1) is 0 Å². The molecule has 0 fully saturated rings. The molecule has 28 heavy (non-hydrogen) atoms. The first-order valence-corrected chi connectivity index (χ1v) is 8.82. The fourth-order valence-corrected chi connectivity index (χ4v) is 3.68. The van der Waals surface area contributed by atoms with Crippen molar-refractivity contribution in [2.75, 3.05) is 14.2 Å². The van der Waals surface area contributed by atoms with Gasteiger partial charge < -0.3 is 24.8 Å². The lowest BCUT2D eigenvalue weighted by Crippen LogP contribution is -1.95. The molecule has 0 spiro atoms. The van der Waals surface area contributed by atoms with E-state index in [1.165, 1.54) is 7.11 Å². The van der Waals surface area contributed by atoms with Gasteiger partial charge in [0.05, 0.1) is 14.2 Å². The molecule has 4 aromatic carbocycles. The van der Waals surface area contributed by atoms with Gasteiger partial charge in [0.2, 0.25) is 0 Å². The fourth-order valence-electron chi connectivity index (χ4n) is 3.68. The molecule has 0 aromatic heterocycles. The number of hydrogen-bond donors (Lipinski definition) is 3. The molecule has 4 rings (SSSR count). The number of aromatic hydroxyl groups is 3. The van der Waals surface area contributed by atoms with Gasteiger partial charge in [-0.25, -0.2) is 0 Å². The average Bonchev–Trinajstić information content (AvgIpc) is 2.70. The van der Waals surface area contributed by atoms with Gasteiger partial charge in [-0.15, -0.1) is 0 Å². The molecule has 142 valence electrons. The summed E-state index contributed by atoms with van der Waals surface area (Å²) in [5.41, 5.74) is 1.72. The van der Waals surface area contributed by atoms with Crippen molar-refractivity contribution < 1.29 is 24.8 Å². The van der Waals surface area contributed by atoms with Crippen LogP contribution in [0.5, 0.6) is 28.7 Å². The van der Waals surface area contributed by atoms with Crippen LogP contribution >= 0.6 is 0 Å². The summed E-state index contributed by atoms with van der Waals surface area (Å²) in [6.45, 7) is 0. The van der Waals surface area contributed by atoms with Gasteiger partial charge in [0.25, 0.3) is 0 Å². The summed E-state index contributed by atoms with van der Waals surface area (Å²) in [6, 6.07) is 15.7. The SMILES string of the molecule is COc1c(O)ccc2c1ccc1c(Cc3ccc(O)cc3)c(O)cc(OC)c12. The summed E-state index contributed by atoms with van der Waals surface area (Å²) in [7, 11) is 3.08. The maximum absolute atomic E-state index is 10.7. The molecular formula is C23H20O5. The molecule has 0 amide bonds. The van der Waals surface area contributed by atoms with Crippen LogP contribution in [-0.2, 0) is 6.42 Å². The lowest BCUT2D eigenvalue weighted by molar-refractivity contribution is 0.378. The predicted molar refractivity (Wildman–Crippen MR) is 109 cm³/mol. The summed E-state index contributed by atoms with van der Waals surface area (Å²) in [4.78, 5) is 0. The second-order valence-electron chi connectivity index (χ2n) is 6.62. The zero-order valence-electron chi connectivity index (χ0n) is 15.6. The molecule has 4 aromatic rings. The molecule has 0 unspecified atom stereocenters. The van der Waals surface area contributed by atoms with Gasteiger partial charge in [-0.1, -0.05) is 18.2 Å². The predicted octanol–water partition coefficient (Wildman–Crippen LogP) is 4.72. The zero-order valence-corrected chi connectivity index (χ0v) is 15.6. The summed E-state index contributed by atoms with van der Waals surface area (Å²) in [5, 5.41) is 33.6. The molecule has 3 N–H and O–H groups in total. The van der Waals surface area contributed by atoms with Gasteiger partial charge in [-0.05, 0) is 46.7 Å². The number of rotatable bonds is 4. The summed E-state index contributed by atoms with van der Waals surface area (Å²) in [6.07, 6.45) is 0.493. The van der Waals surface area contributed by atoms with Crippen molar-refractivity contribution in [2.24, 2.45) is 0 Å². The highest BCUT2D eigenvalue weighted by atomic mass is 16.5. The number of methoxy groups -OCH3 is 2. The molecule has 0 radical (unpaired) electrons. The van der Waals surface area contributed by atoms with Gasteiger partial charge in [0, 0.05) is 28.8 Å². The van der Waals surface area contributed by atoms with Crippen molar-refractivity contribution in [1.29, 1.82) is 0 Å². The van der Waals surface area contributed by atoms with E-state index in [1.807, 2.05) is 30.3 Å². The molecule has 0 saturated heterocycles. The summed E-state index contributed by atoms with van der Waals surface area (Å²) in [5.74, 6) is 1.35. The molecule has 5 nitrogen and oxygen atoms in total. The third-order valence-corrected chi connectivity index (χ3v) is 5.02. The minimum absolute atomic E-state index is 0.0661. The van der Waals surface area contributed by atoms with Crippen LogP contribution in [0.15, 0.2) is 54.6 Å². The van der Waals surface area contributed by atoms with Gasteiger partial charge in [-0.2, -0.15) is 0 Å². The minimum atomic E-state index is 0.0661. The maximum Gasteiger partial charge on any atom is 0.168 e. The Kier molecular flexibility index (Phi) is 4.35. The van der Waals surface area contributed by atoms with Crippen molar-refractivity contribution in [3.05, 3.63) is 65.7 Å². The highest BCUT2D eigenvalue weighted by Crippen LogP contribution is 2.44. The maximum atomic E-state index is 10.7. The number of fused-ring (bicyclic) bond motifs is 3. The quantitative estimate of drug-likeness (QED) is 0.449. The lowest BCUT2D eigenvalue weighted by atomic mass is 9.93. The smallest absolute Gasteiger partial charge is 0.168 e. The van der Waals surface area contributed by atoms with E-state index in [-0.39, 0.29) is 17.2 Å². The Balaban J connectivity index is 2.02. The van der Waals surface area contributed by atoms with Crippen LogP contribution in [0.2, 0.25) is 0 Å². The Morgan fingerprint density at radius 2 is 1.39 bits per heavy atom. The Labute approximate surface area is 162 Å². The van der Waals surface area contributed by atoms with E-state index in [0.29, 0.717) is 17.9 Å². The zero-order chi connectivity index (χ0) is 19.8. The molecule has 0 atom stereocenters. The molecule has 0 bridgehead atoms. The first-order valence-electron chi connectivity index (χ1n) is 8.82. The van der Waals surface area contributed by atoms with Crippen molar-refractivity contribution in [2.45, 2.75) is 6.42 Å². The lowest BCUT2D eigenvalue weighted by Gasteiger charge is -2.16. The van der Waals surface area contributed by atoms with E-state index < -0.39 is 0 Å². The van der Waals surface area contributed by atoms with Crippen LogP contribution < -0.4 is 9.47 Å². The number of benzene rings is 4. The van der Waals surface area contributed by atoms with Crippen molar-refractivity contribution in [3.8, 4) is 28.7 Å². The van der Waals surface area contributed by atoms with E-state index in [9.17, 15) is 15.3 Å². The van der Waals surface area contributed by atoms with Crippen LogP contribution in [0.3, 0.4) is 0 Å². The Morgan fingerprint density at radius 1 is 0.714 bits per heavy atom. The van der Waals surface area contributed by atoms with Crippen molar-refractivity contribution in [3.63, 3.8) is 0 Å². The summed E-state index contributed by atoms with van der Waals surface area (Å²) >= 11 is 0. The molecule has 0 aliphatic heterocycles. The molecule has 5 heteroatoms. The van der Waals surface area contributed by atoms with Gasteiger partial charge in [0.15, 0.2) is 11.5 Å². The molecule has 0 saturated carbocycles. The molecular weight excluding hydrogens is 356 g/mol. The third-order valence-electron chi connectivity index (χ3n) is 5.02. The largest absolute Gasteiger partial charge is 0.508 e. The van der Waals surface area contributed by atoms with E-state index in [0.717, 1.165) is 32.7 Å². The minimum Gasteiger partial charge on any atom is -0.508 e. The van der Waals surface area contributed by atoms with Crippen molar-refractivity contribution >= 4 is 21.5 Å². The van der Waals surface area contributed by atoms with Gasteiger partial charge >= 0.3 is 0 Å². The number of phenolic OH excluding ortho intramolecular Hbond substituents is 3. The Morgan fingerprint density at radius 3 is 2.07 bits per heavy atom. The van der Waals surface area contributed by atoms with Crippen LogP contribution in [0.25, 0.3) is 21.5 Å². The summed E-state index contributed by atoms with van der Waals surface area (Å²) < 4.78 is 10.9. The van der Waals surface area contributed by atoms with Gasteiger partial charge in [0.1, 0.15) is 17.2 Å². The number of hydrogen-bond acceptors (Lipinski definition) is 5. The second-order valence-corrected chi connectivity index (χ2v) is 6.62. The molecule has 0 aliphatic rings. The van der Waals surface area contributed by atoms with E-state index in [1.54, 1.807) is 31.4 Å². The standard InChI is InChI=1S/C23H20O5/c1-27-21-12-20(26)18(11-13-3-5-14(24)6-4-13)16-7-8-17-15(22(16)21)9-10-19(25)23(17)28-2/h3-10,12,24-26H,11H2,1-2H3.